The molecule has 6 nitrogen and oxygen atoms in total. The van der Waals surface area contributed by atoms with Crippen molar-refractivity contribution in [2.45, 2.75) is 33.2 Å². The molecular formula is C19H27ClFN5O. The van der Waals surface area contributed by atoms with Gasteiger partial charge >= 0.3 is 0 Å². The van der Waals surface area contributed by atoms with E-state index in [0.29, 0.717) is 18.1 Å². The lowest BCUT2D eigenvalue weighted by Crippen LogP contribution is -2.53. The summed E-state index contributed by atoms with van der Waals surface area (Å²) in [7, 11) is 0. The fourth-order valence-corrected chi connectivity index (χ4v) is 3.37. The topological polar surface area (TPSA) is 76.2 Å². The van der Waals surface area contributed by atoms with Gasteiger partial charge in [-0.05, 0) is 43.0 Å². The Bertz CT molecular complexity index is 790. The number of nitrogens with two attached hydrogens (primary N) is 1. The number of amides is 1. The number of hydrogen-bond donors (Lipinski definition) is 2. The molecule has 2 aromatic rings. The van der Waals surface area contributed by atoms with Gasteiger partial charge in [0.25, 0.3) is 0 Å². The molecule has 0 aliphatic carbocycles. The fraction of sp³-hybridized carbons (Fsp3) is 0.474. The van der Waals surface area contributed by atoms with Crippen LogP contribution < -0.4 is 11.1 Å². The highest BCUT2D eigenvalue weighted by Crippen LogP contribution is 2.27. The quantitative estimate of drug-likeness (QED) is 0.834. The Hall–Kier alpha value is -1.96. The van der Waals surface area contributed by atoms with E-state index in [0.717, 1.165) is 25.2 Å². The molecule has 1 atom stereocenters. The second-order valence-electron chi connectivity index (χ2n) is 7.70. The highest BCUT2D eigenvalue weighted by Gasteiger charge is 2.33. The number of likely N-dealkylation sites (tertiary alicyclic amines) is 1. The van der Waals surface area contributed by atoms with Gasteiger partial charge in [0.1, 0.15) is 11.6 Å². The molecule has 2 heterocycles. The molecule has 1 saturated heterocycles. The first-order chi connectivity index (χ1) is 12.2. The minimum atomic E-state index is -0.311. The number of hydrogen-bond acceptors (Lipinski definition) is 4. The third-order valence-electron chi connectivity index (χ3n) is 4.93. The normalized spacial score (nSPS) is 19.4. The molecule has 1 fully saturated rings. The average molecular weight is 396 g/mol. The monoisotopic (exact) mass is 395 g/mol. The standard InChI is InChI=1S/C19H26FN5O.ClH/c1-13-10-17(25(23-13)15-6-4-14(20)5-7-15)22-18(26)11-24-9-8-16(21)19(2,3)12-24;/h4-7,10,16H,8-9,11-12,21H2,1-3H3,(H,22,26);1H. The zero-order valence-corrected chi connectivity index (χ0v) is 16.7. The number of halogens is 2. The van der Waals surface area contributed by atoms with Gasteiger partial charge in [-0.15, -0.1) is 12.4 Å². The number of aryl methyl sites for hydroxylation is 1. The summed E-state index contributed by atoms with van der Waals surface area (Å²) >= 11 is 0. The number of nitrogens with one attached hydrogen (secondary N) is 1. The largest absolute Gasteiger partial charge is 0.327 e. The van der Waals surface area contributed by atoms with Crippen LogP contribution in [0.2, 0.25) is 0 Å². The molecular weight excluding hydrogens is 369 g/mol. The van der Waals surface area contributed by atoms with E-state index in [9.17, 15) is 9.18 Å². The number of aromatic nitrogens is 2. The van der Waals surface area contributed by atoms with Crippen molar-refractivity contribution < 1.29 is 9.18 Å². The molecule has 8 heteroatoms. The lowest BCUT2D eigenvalue weighted by molar-refractivity contribution is -0.118. The van der Waals surface area contributed by atoms with Crippen LogP contribution in [0.5, 0.6) is 0 Å². The summed E-state index contributed by atoms with van der Waals surface area (Å²) in [6, 6.07) is 7.97. The van der Waals surface area contributed by atoms with Crippen molar-refractivity contribution in [1.29, 1.82) is 0 Å². The number of carbonyl (C=O) groups is 1. The van der Waals surface area contributed by atoms with Crippen LogP contribution in [0, 0.1) is 18.2 Å². The molecule has 0 radical (unpaired) electrons. The van der Waals surface area contributed by atoms with Crippen molar-refractivity contribution in [1.82, 2.24) is 14.7 Å². The van der Waals surface area contributed by atoms with Gasteiger partial charge in [-0.25, -0.2) is 9.07 Å². The van der Waals surface area contributed by atoms with Crippen molar-refractivity contribution in [2.24, 2.45) is 11.1 Å². The summed E-state index contributed by atoms with van der Waals surface area (Å²) in [4.78, 5) is 14.7. The Kier molecular flexibility index (Phi) is 6.62. The van der Waals surface area contributed by atoms with E-state index in [4.69, 9.17) is 5.73 Å². The molecule has 148 valence electrons. The van der Waals surface area contributed by atoms with E-state index in [1.54, 1.807) is 22.9 Å². The highest BCUT2D eigenvalue weighted by atomic mass is 35.5. The molecule has 1 aromatic heterocycles. The molecule has 27 heavy (non-hydrogen) atoms. The maximum absolute atomic E-state index is 13.2. The van der Waals surface area contributed by atoms with Crippen LogP contribution in [0.4, 0.5) is 10.2 Å². The summed E-state index contributed by atoms with van der Waals surface area (Å²) in [6.45, 7) is 8.03. The second kappa shape index (κ2) is 8.37. The number of rotatable bonds is 4. The molecule has 1 unspecified atom stereocenters. The van der Waals surface area contributed by atoms with E-state index in [1.165, 1.54) is 12.1 Å². The molecule has 1 amide bonds. The Morgan fingerprint density at radius 1 is 1.37 bits per heavy atom. The van der Waals surface area contributed by atoms with Crippen molar-refractivity contribution in [3.8, 4) is 5.69 Å². The van der Waals surface area contributed by atoms with E-state index in [2.05, 4.69) is 29.2 Å². The minimum Gasteiger partial charge on any atom is -0.327 e. The van der Waals surface area contributed by atoms with Gasteiger partial charge in [0.05, 0.1) is 17.9 Å². The van der Waals surface area contributed by atoms with Crippen molar-refractivity contribution >= 4 is 24.1 Å². The average Bonchev–Trinajstić information content (AvgIpc) is 2.91. The van der Waals surface area contributed by atoms with Crippen LogP contribution in [-0.4, -0.2) is 46.3 Å². The van der Waals surface area contributed by atoms with E-state index < -0.39 is 0 Å². The molecule has 0 saturated carbocycles. The lowest BCUT2D eigenvalue weighted by atomic mass is 9.80. The minimum absolute atomic E-state index is 0. The smallest absolute Gasteiger partial charge is 0.239 e. The molecule has 0 spiro atoms. The zero-order valence-electron chi connectivity index (χ0n) is 15.9. The van der Waals surface area contributed by atoms with Gasteiger partial charge in [0.15, 0.2) is 0 Å². The van der Waals surface area contributed by atoms with Crippen LogP contribution in [0.25, 0.3) is 5.69 Å². The Balaban J connectivity index is 0.00000261. The molecule has 1 aromatic carbocycles. The lowest BCUT2D eigenvalue weighted by Gasteiger charge is -2.42. The van der Waals surface area contributed by atoms with Crippen molar-refractivity contribution in [3.63, 3.8) is 0 Å². The number of anilines is 1. The summed E-state index contributed by atoms with van der Waals surface area (Å²) in [5, 5.41) is 7.32. The van der Waals surface area contributed by atoms with E-state index in [1.807, 2.05) is 6.92 Å². The van der Waals surface area contributed by atoms with E-state index >= 15 is 0 Å². The van der Waals surface area contributed by atoms with Gasteiger partial charge in [0, 0.05) is 25.2 Å². The molecule has 3 N–H and O–H groups in total. The summed E-state index contributed by atoms with van der Waals surface area (Å²) in [5.41, 5.74) is 7.62. The van der Waals surface area contributed by atoms with Crippen LogP contribution in [0.15, 0.2) is 30.3 Å². The Morgan fingerprint density at radius 2 is 2.04 bits per heavy atom. The van der Waals surface area contributed by atoms with Crippen LogP contribution >= 0.6 is 12.4 Å². The number of benzene rings is 1. The first kappa shape index (κ1) is 21.3. The molecule has 1 aliphatic heterocycles. The third-order valence-corrected chi connectivity index (χ3v) is 4.93. The predicted molar refractivity (Wildman–Crippen MR) is 107 cm³/mol. The van der Waals surface area contributed by atoms with Gasteiger partial charge in [-0.1, -0.05) is 13.8 Å². The maximum atomic E-state index is 13.2. The van der Waals surface area contributed by atoms with Gasteiger partial charge in [-0.2, -0.15) is 5.10 Å². The van der Waals surface area contributed by atoms with Gasteiger partial charge in [-0.3, -0.25) is 9.69 Å². The Labute approximate surface area is 165 Å². The molecule has 1 aliphatic rings. The zero-order chi connectivity index (χ0) is 18.9. The van der Waals surface area contributed by atoms with Crippen molar-refractivity contribution in [3.05, 3.63) is 41.8 Å². The van der Waals surface area contributed by atoms with Crippen LogP contribution in [-0.2, 0) is 4.79 Å². The van der Waals surface area contributed by atoms with Gasteiger partial charge in [0.2, 0.25) is 5.91 Å². The van der Waals surface area contributed by atoms with E-state index in [-0.39, 0.29) is 35.6 Å². The molecule has 0 bridgehead atoms. The summed E-state index contributed by atoms with van der Waals surface area (Å²) < 4.78 is 14.8. The Morgan fingerprint density at radius 3 is 2.67 bits per heavy atom. The van der Waals surface area contributed by atoms with Crippen LogP contribution in [0.3, 0.4) is 0 Å². The van der Waals surface area contributed by atoms with Crippen LogP contribution in [0.1, 0.15) is 26.0 Å². The maximum Gasteiger partial charge on any atom is 0.239 e. The number of piperidine rings is 1. The van der Waals surface area contributed by atoms with Gasteiger partial charge < -0.3 is 11.1 Å². The number of nitrogens with zero attached hydrogens (tertiary/aromatic N) is 3. The summed E-state index contributed by atoms with van der Waals surface area (Å²) in [6.07, 6.45) is 0.882. The fourth-order valence-electron chi connectivity index (χ4n) is 3.37. The second-order valence-corrected chi connectivity index (χ2v) is 7.70. The highest BCUT2D eigenvalue weighted by molar-refractivity contribution is 5.91. The first-order valence-electron chi connectivity index (χ1n) is 8.85. The number of carbonyl (C=O) groups excluding carboxylic acids is 1. The molecule has 3 rings (SSSR count). The SMILES string of the molecule is Cc1cc(NC(=O)CN2CCC(N)C(C)(C)C2)n(-c2ccc(F)cc2)n1.Cl. The predicted octanol–water partition coefficient (Wildman–Crippen LogP) is 2.74. The third kappa shape index (κ3) is 5.06. The first-order valence-corrected chi connectivity index (χ1v) is 8.85. The van der Waals surface area contributed by atoms with Crippen molar-refractivity contribution in [2.75, 3.05) is 25.0 Å². The summed E-state index contributed by atoms with van der Waals surface area (Å²) in [5.74, 6) is 0.167.